The summed E-state index contributed by atoms with van der Waals surface area (Å²) in [6, 6.07) is 21.0. The second-order valence-corrected chi connectivity index (χ2v) is 9.21. The fourth-order valence-corrected chi connectivity index (χ4v) is 4.64. The van der Waals surface area contributed by atoms with Crippen molar-refractivity contribution >= 4 is 11.8 Å². The van der Waals surface area contributed by atoms with Gasteiger partial charge in [-0.1, -0.05) is 43.3 Å². The Labute approximate surface area is 208 Å². The van der Waals surface area contributed by atoms with Gasteiger partial charge in [-0.3, -0.25) is 4.90 Å². The zero-order valence-corrected chi connectivity index (χ0v) is 21.1. The lowest BCUT2D eigenvalue weighted by Crippen LogP contribution is -2.37. The van der Waals surface area contributed by atoms with Gasteiger partial charge in [-0.25, -0.2) is 9.78 Å². The Bertz CT molecular complexity index is 1110. The van der Waals surface area contributed by atoms with E-state index in [1.54, 1.807) is 19.4 Å². The first-order chi connectivity index (χ1) is 17.0. The predicted molar refractivity (Wildman–Crippen MR) is 140 cm³/mol. The highest BCUT2D eigenvalue weighted by molar-refractivity contribution is 5.95. The van der Waals surface area contributed by atoms with Gasteiger partial charge in [0.25, 0.3) is 0 Å². The lowest BCUT2D eigenvalue weighted by molar-refractivity contribution is 0.0378. The average Bonchev–Trinajstić information content (AvgIpc) is 3.37. The summed E-state index contributed by atoms with van der Waals surface area (Å²) in [5.74, 6) is 1.28. The number of esters is 1. The van der Waals surface area contributed by atoms with Crippen molar-refractivity contribution in [2.75, 3.05) is 31.6 Å². The van der Waals surface area contributed by atoms with Crippen LogP contribution in [0, 0.1) is 0 Å². The Balaban J connectivity index is 1.41. The third kappa shape index (κ3) is 6.01. The van der Waals surface area contributed by atoms with E-state index in [9.17, 15) is 4.79 Å². The van der Waals surface area contributed by atoms with Gasteiger partial charge < -0.3 is 14.4 Å². The van der Waals surface area contributed by atoms with Gasteiger partial charge in [-0.15, -0.1) is 0 Å². The van der Waals surface area contributed by atoms with Crippen LogP contribution in [0.15, 0.2) is 66.9 Å². The quantitative estimate of drug-likeness (QED) is 0.387. The van der Waals surface area contributed by atoms with Gasteiger partial charge in [0.05, 0.1) is 13.2 Å². The highest BCUT2D eigenvalue weighted by Gasteiger charge is 2.30. The first-order valence-electron chi connectivity index (χ1n) is 12.4. The largest absolute Gasteiger partial charge is 0.497 e. The molecule has 1 aliphatic rings. The average molecular weight is 474 g/mol. The van der Waals surface area contributed by atoms with E-state index in [4.69, 9.17) is 9.47 Å². The van der Waals surface area contributed by atoms with E-state index in [1.165, 1.54) is 16.7 Å². The minimum absolute atomic E-state index is 0.159. The molecule has 35 heavy (non-hydrogen) atoms. The summed E-state index contributed by atoms with van der Waals surface area (Å²) in [5.41, 5.74) is 4.21. The number of ether oxygens (including phenoxy) is 2. The molecule has 0 aliphatic carbocycles. The Hall–Kier alpha value is -3.38. The third-order valence-electron chi connectivity index (χ3n) is 6.50. The first kappa shape index (κ1) is 24.7. The summed E-state index contributed by atoms with van der Waals surface area (Å²) in [6.45, 7) is 9.50. The molecule has 6 heteroatoms. The summed E-state index contributed by atoms with van der Waals surface area (Å²) in [7, 11) is 1.68. The Morgan fingerprint density at radius 3 is 2.40 bits per heavy atom. The molecule has 1 fully saturated rings. The maximum Gasteiger partial charge on any atom is 0.342 e. The van der Waals surface area contributed by atoms with Crippen molar-refractivity contribution in [3.05, 3.63) is 78.0 Å². The molecule has 0 saturated carbocycles. The summed E-state index contributed by atoms with van der Waals surface area (Å²) < 4.78 is 10.7. The SMILES string of the molecule is CCN(Cc1ccc(-c2ccc(OC)cc2)cc1)[C@@H]1CCN(c2ncccc2C(=O)OC(C)C)C1. The first-order valence-corrected chi connectivity index (χ1v) is 12.4. The summed E-state index contributed by atoms with van der Waals surface area (Å²) in [5, 5.41) is 0. The third-order valence-corrected chi connectivity index (χ3v) is 6.50. The van der Waals surface area contributed by atoms with Crippen molar-refractivity contribution < 1.29 is 14.3 Å². The molecule has 4 rings (SSSR count). The highest BCUT2D eigenvalue weighted by Crippen LogP contribution is 2.27. The van der Waals surface area contributed by atoms with Gasteiger partial charge in [0.2, 0.25) is 0 Å². The van der Waals surface area contributed by atoms with Crippen LogP contribution in [0.1, 0.15) is 43.1 Å². The molecule has 1 saturated heterocycles. The minimum atomic E-state index is -0.309. The number of aromatic nitrogens is 1. The molecule has 0 N–H and O–H groups in total. The summed E-state index contributed by atoms with van der Waals surface area (Å²) in [4.78, 5) is 21.9. The molecule has 3 aromatic rings. The molecule has 0 spiro atoms. The molecule has 6 nitrogen and oxygen atoms in total. The van der Waals surface area contributed by atoms with Gasteiger partial charge in [-0.05, 0) is 67.8 Å². The van der Waals surface area contributed by atoms with E-state index in [0.29, 0.717) is 11.6 Å². The second-order valence-electron chi connectivity index (χ2n) is 9.21. The molecule has 184 valence electrons. The van der Waals surface area contributed by atoms with Gasteiger partial charge in [0.15, 0.2) is 0 Å². The van der Waals surface area contributed by atoms with Crippen LogP contribution in [-0.2, 0) is 11.3 Å². The molecule has 1 aliphatic heterocycles. The lowest BCUT2D eigenvalue weighted by atomic mass is 10.0. The number of carbonyl (C=O) groups excluding carboxylic acids is 1. The molecule has 2 heterocycles. The van der Waals surface area contributed by atoms with Crippen LogP contribution in [0.25, 0.3) is 11.1 Å². The molecule has 0 bridgehead atoms. The fraction of sp³-hybridized carbons (Fsp3) is 0.379. The summed E-state index contributed by atoms with van der Waals surface area (Å²) >= 11 is 0. The number of rotatable bonds is 9. The maximum atomic E-state index is 12.6. The Morgan fingerprint density at radius 1 is 1.09 bits per heavy atom. The number of nitrogens with zero attached hydrogens (tertiary/aromatic N) is 3. The number of hydrogen-bond acceptors (Lipinski definition) is 6. The van der Waals surface area contributed by atoms with Crippen LogP contribution in [0.5, 0.6) is 5.75 Å². The van der Waals surface area contributed by atoms with Crippen LogP contribution in [-0.4, -0.2) is 54.7 Å². The van der Waals surface area contributed by atoms with E-state index in [1.807, 2.05) is 32.0 Å². The maximum absolute atomic E-state index is 12.6. The highest BCUT2D eigenvalue weighted by atomic mass is 16.5. The van der Waals surface area contributed by atoms with Crippen molar-refractivity contribution in [2.45, 2.75) is 45.9 Å². The molecule has 1 atom stereocenters. The second kappa shape index (κ2) is 11.4. The molecule has 0 radical (unpaired) electrons. The zero-order chi connectivity index (χ0) is 24.8. The van der Waals surface area contributed by atoms with Crippen LogP contribution in [0.4, 0.5) is 5.82 Å². The van der Waals surface area contributed by atoms with E-state index in [2.05, 4.69) is 58.1 Å². The number of methoxy groups -OCH3 is 1. The standard InChI is InChI=1S/C29H35N3O3/c1-5-31(19-22-8-10-23(11-9-22)24-12-14-26(34-4)15-13-24)25-16-18-32(20-25)28-27(7-6-17-30-28)29(33)35-21(2)3/h6-15,17,21,25H,5,16,18-20H2,1-4H3/t25-/m1/s1. The number of anilines is 1. The van der Waals surface area contributed by atoms with Crippen molar-refractivity contribution in [3.8, 4) is 16.9 Å². The molecule has 1 aromatic heterocycles. The van der Waals surface area contributed by atoms with E-state index < -0.39 is 0 Å². The van der Waals surface area contributed by atoms with Crippen molar-refractivity contribution in [3.63, 3.8) is 0 Å². The van der Waals surface area contributed by atoms with Crippen LogP contribution in [0.3, 0.4) is 0 Å². The van der Waals surface area contributed by atoms with Crippen LogP contribution < -0.4 is 9.64 Å². The number of benzene rings is 2. The fourth-order valence-electron chi connectivity index (χ4n) is 4.64. The van der Waals surface area contributed by atoms with E-state index in [0.717, 1.165) is 44.2 Å². The lowest BCUT2D eigenvalue weighted by Gasteiger charge is -2.28. The molecule has 2 aromatic carbocycles. The van der Waals surface area contributed by atoms with Crippen LogP contribution >= 0.6 is 0 Å². The van der Waals surface area contributed by atoms with Gasteiger partial charge >= 0.3 is 5.97 Å². The van der Waals surface area contributed by atoms with Gasteiger partial charge in [0.1, 0.15) is 17.1 Å². The topological polar surface area (TPSA) is 54.9 Å². The predicted octanol–water partition coefficient (Wildman–Crippen LogP) is 5.42. The molecular weight excluding hydrogens is 438 g/mol. The molecule has 0 amide bonds. The van der Waals surface area contributed by atoms with Gasteiger partial charge in [0, 0.05) is 31.9 Å². The molecular formula is C29H35N3O3. The number of carbonyl (C=O) groups is 1. The Morgan fingerprint density at radius 2 is 1.77 bits per heavy atom. The van der Waals surface area contributed by atoms with Crippen LogP contribution in [0.2, 0.25) is 0 Å². The monoisotopic (exact) mass is 473 g/mol. The minimum Gasteiger partial charge on any atom is -0.497 e. The Kier molecular flexibility index (Phi) is 8.03. The number of pyridine rings is 1. The zero-order valence-electron chi connectivity index (χ0n) is 21.1. The molecule has 0 unspecified atom stereocenters. The summed E-state index contributed by atoms with van der Waals surface area (Å²) in [6.07, 6.45) is 2.62. The van der Waals surface area contributed by atoms with E-state index >= 15 is 0 Å². The van der Waals surface area contributed by atoms with Crippen molar-refractivity contribution in [1.82, 2.24) is 9.88 Å². The van der Waals surface area contributed by atoms with E-state index in [-0.39, 0.29) is 12.1 Å². The number of likely N-dealkylation sites (N-methyl/N-ethyl adjacent to an activating group) is 1. The van der Waals surface area contributed by atoms with Crippen molar-refractivity contribution in [1.29, 1.82) is 0 Å². The normalized spacial score (nSPS) is 15.6. The van der Waals surface area contributed by atoms with Gasteiger partial charge in [-0.2, -0.15) is 0 Å². The smallest absolute Gasteiger partial charge is 0.342 e. The number of hydrogen-bond donors (Lipinski definition) is 0. The van der Waals surface area contributed by atoms with Crippen molar-refractivity contribution in [2.24, 2.45) is 0 Å².